The van der Waals surface area contributed by atoms with E-state index in [0.717, 1.165) is 53.6 Å². The molecule has 0 bridgehead atoms. The van der Waals surface area contributed by atoms with Crippen LogP contribution < -0.4 is 16.0 Å². The minimum absolute atomic E-state index is 0.786. The molecule has 0 aromatic heterocycles. The molecule has 9 unspecified atom stereocenters. The van der Waals surface area contributed by atoms with Gasteiger partial charge in [0.25, 0.3) is 0 Å². The summed E-state index contributed by atoms with van der Waals surface area (Å²) in [6.45, 7) is 7.21. The molecule has 0 aliphatic heterocycles. The highest BCUT2D eigenvalue weighted by atomic mass is 15.2. The fourth-order valence-electron chi connectivity index (χ4n) is 10.8. The van der Waals surface area contributed by atoms with E-state index >= 15 is 0 Å². The Morgan fingerprint density at radius 1 is 0.350 bits per heavy atom. The van der Waals surface area contributed by atoms with Gasteiger partial charge in [0.05, 0.1) is 0 Å². The first-order valence-corrected chi connectivity index (χ1v) is 18.7. The van der Waals surface area contributed by atoms with E-state index in [1.165, 1.54) is 174 Å². The normalized spacial score (nSPS) is 40.3. The Hall–Kier alpha value is -0.160. The Kier molecular flexibility index (Phi) is 11.6. The molecule has 40 heavy (non-hydrogen) atoms. The van der Waals surface area contributed by atoms with E-state index in [4.69, 9.17) is 0 Å². The van der Waals surface area contributed by atoms with Crippen LogP contribution in [0.2, 0.25) is 0 Å². The van der Waals surface area contributed by atoms with Crippen LogP contribution in [0, 0.1) is 35.5 Å². The lowest BCUT2D eigenvalue weighted by Crippen LogP contribution is -2.47. The third kappa shape index (κ3) is 8.48. The molecular weight excluding hydrogens is 488 g/mol. The Labute approximate surface area is 248 Å². The molecule has 6 rings (SSSR count). The first-order chi connectivity index (χ1) is 19.8. The quantitative estimate of drug-likeness (QED) is 0.240. The molecule has 9 atom stereocenters. The van der Waals surface area contributed by atoms with Crippen LogP contribution in [0.25, 0.3) is 0 Å². The molecule has 0 radical (unpaired) electrons. The van der Waals surface area contributed by atoms with Crippen molar-refractivity contribution in [1.82, 2.24) is 20.9 Å². The Balaban J connectivity index is 0.928. The van der Waals surface area contributed by atoms with Gasteiger partial charge in [0, 0.05) is 57.4 Å². The monoisotopic (exact) mass is 555 g/mol. The van der Waals surface area contributed by atoms with Crippen LogP contribution >= 0.6 is 0 Å². The zero-order valence-electron chi connectivity index (χ0n) is 26.2. The lowest BCUT2D eigenvalue weighted by Gasteiger charge is -2.40. The third-order valence-electron chi connectivity index (χ3n) is 13.2. The zero-order chi connectivity index (χ0) is 27.0. The Morgan fingerprint density at radius 3 is 0.975 bits per heavy atom. The Bertz CT molecular complexity index is 632. The summed E-state index contributed by atoms with van der Waals surface area (Å²) in [6.07, 6.45) is 31.2. The van der Waals surface area contributed by atoms with E-state index in [1.54, 1.807) is 0 Å². The first-order valence-electron chi connectivity index (χ1n) is 18.7. The average molecular weight is 555 g/mol. The zero-order valence-corrected chi connectivity index (χ0v) is 26.2. The van der Waals surface area contributed by atoms with Crippen molar-refractivity contribution in [2.75, 3.05) is 39.3 Å². The number of hydrogen-bond donors (Lipinski definition) is 3. The van der Waals surface area contributed by atoms with E-state index < -0.39 is 0 Å². The van der Waals surface area contributed by atoms with E-state index in [-0.39, 0.29) is 0 Å². The van der Waals surface area contributed by atoms with Crippen molar-refractivity contribution >= 4 is 0 Å². The second-order valence-electron chi connectivity index (χ2n) is 15.6. The molecule has 0 amide bonds. The van der Waals surface area contributed by atoms with E-state index in [9.17, 15) is 0 Å². The van der Waals surface area contributed by atoms with Gasteiger partial charge in [-0.05, 0) is 93.3 Å². The summed E-state index contributed by atoms with van der Waals surface area (Å²) in [5.74, 6) is 6.28. The van der Waals surface area contributed by atoms with Crippen molar-refractivity contribution in [1.29, 1.82) is 0 Å². The molecule has 0 saturated heterocycles. The molecule has 6 aliphatic carbocycles. The van der Waals surface area contributed by atoms with Crippen LogP contribution in [-0.2, 0) is 0 Å². The standard InChI is InChI=1S/C36H66N4/c1-4-10-31-25-34(16-13-28(31)7-1)37-19-22-40(23-20-38-35-17-14-29-8-2-5-11-32(29)26-35)24-21-39-36-18-15-30-9-3-6-12-33(30)27-36/h28-39H,1-27H2. The topological polar surface area (TPSA) is 39.3 Å². The van der Waals surface area contributed by atoms with Crippen molar-refractivity contribution in [2.24, 2.45) is 35.5 Å². The lowest BCUT2D eigenvalue weighted by molar-refractivity contribution is 0.135. The van der Waals surface area contributed by atoms with E-state index in [2.05, 4.69) is 20.9 Å². The molecule has 3 N–H and O–H groups in total. The average Bonchev–Trinajstić information content (AvgIpc) is 3.00. The van der Waals surface area contributed by atoms with Gasteiger partial charge in [0.1, 0.15) is 0 Å². The third-order valence-corrected chi connectivity index (χ3v) is 13.2. The number of nitrogens with zero attached hydrogens (tertiary/aromatic N) is 1. The first kappa shape index (κ1) is 29.9. The van der Waals surface area contributed by atoms with Crippen LogP contribution in [0.1, 0.15) is 135 Å². The Morgan fingerprint density at radius 2 is 0.650 bits per heavy atom. The number of nitrogens with one attached hydrogen (secondary N) is 3. The summed E-state index contributed by atoms with van der Waals surface area (Å²) in [5.41, 5.74) is 0. The second kappa shape index (κ2) is 15.5. The van der Waals surface area contributed by atoms with Crippen molar-refractivity contribution in [2.45, 2.75) is 153 Å². The van der Waals surface area contributed by atoms with Gasteiger partial charge in [-0.1, -0.05) is 77.0 Å². The number of rotatable bonds is 12. The van der Waals surface area contributed by atoms with Crippen molar-refractivity contribution in [3.05, 3.63) is 0 Å². The minimum Gasteiger partial charge on any atom is -0.313 e. The molecule has 0 heterocycles. The molecule has 4 nitrogen and oxygen atoms in total. The fourth-order valence-corrected chi connectivity index (χ4v) is 10.8. The van der Waals surface area contributed by atoms with Crippen LogP contribution in [0.15, 0.2) is 0 Å². The highest BCUT2D eigenvalue weighted by molar-refractivity contribution is 4.89. The molecule has 6 saturated carbocycles. The smallest absolute Gasteiger partial charge is 0.0108 e. The maximum atomic E-state index is 4.04. The molecule has 0 spiro atoms. The predicted octanol–water partition coefficient (Wildman–Crippen LogP) is 7.13. The molecule has 6 aliphatic rings. The van der Waals surface area contributed by atoms with E-state index in [0.29, 0.717) is 0 Å². The van der Waals surface area contributed by atoms with Crippen molar-refractivity contribution in [3.8, 4) is 0 Å². The van der Waals surface area contributed by atoms with Crippen molar-refractivity contribution < 1.29 is 0 Å². The molecule has 0 aromatic rings. The molecular formula is C36H66N4. The van der Waals surface area contributed by atoms with Crippen LogP contribution in [0.4, 0.5) is 0 Å². The van der Waals surface area contributed by atoms with Crippen LogP contribution in [0.3, 0.4) is 0 Å². The van der Waals surface area contributed by atoms with Crippen LogP contribution in [0.5, 0.6) is 0 Å². The van der Waals surface area contributed by atoms with Crippen molar-refractivity contribution in [3.63, 3.8) is 0 Å². The summed E-state index contributed by atoms with van der Waals surface area (Å²) in [5, 5.41) is 12.1. The summed E-state index contributed by atoms with van der Waals surface area (Å²) in [4.78, 5) is 2.79. The predicted molar refractivity (Wildman–Crippen MR) is 170 cm³/mol. The van der Waals surface area contributed by atoms with Gasteiger partial charge in [-0.3, -0.25) is 4.90 Å². The second-order valence-corrected chi connectivity index (χ2v) is 15.6. The SMILES string of the molecule is C1CCC2CC(NCCN(CCNC3CCC4CCCCC4C3)CCNC3CCC4CCCCC4C3)CCC2C1. The molecule has 230 valence electrons. The number of hydrogen-bond acceptors (Lipinski definition) is 4. The van der Waals surface area contributed by atoms with Gasteiger partial charge in [-0.15, -0.1) is 0 Å². The molecule has 6 fully saturated rings. The van der Waals surface area contributed by atoms with Gasteiger partial charge in [0.15, 0.2) is 0 Å². The number of fused-ring (bicyclic) bond motifs is 3. The molecule has 0 aromatic carbocycles. The summed E-state index contributed by atoms with van der Waals surface area (Å²) in [6, 6.07) is 2.36. The van der Waals surface area contributed by atoms with Gasteiger partial charge >= 0.3 is 0 Å². The summed E-state index contributed by atoms with van der Waals surface area (Å²) < 4.78 is 0. The maximum Gasteiger partial charge on any atom is 0.0108 e. The highest BCUT2D eigenvalue weighted by Gasteiger charge is 2.34. The molecule has 4 heteroatoms. The van der Waals surface area contributed by atoms with Gasteiger partial charge in [0.2, 0.25) is 0 Å². The van der Waals surface area contributed by atoms with Crippen LogP contribution in [-0.4, -0.2) is 62.3 Å². The lowest BCUT2D eigenvalue weighted by atomic mass is 9.69. The van der Waals surface area contributed by atoms with Gasteiger partial charge < -0.3 is 16.0 Å². The van der Waals surface area contributed by atoms with Gasteiger partial charge in [-0.2, -0.15) is 0 Å². The summed E-state index contributed by atoms with van der Waals surface area (Å²) >= 11 is 0. The highest BCUT2D eigenvalue weighted by Crippen LogP contribution is 2.42. The minimum atomic E-state index is 0.786. The summed E-state index contributed by atoms with van der Waals surface area (Å²) in [7, 11) is 0. The largest absolute Gasteiger partial charge is 0.313 e. The van der Waals surface area contributed by atoms with E-state index in [1.807, 2.05) is 0 Å². The fraction of sp³-hybridized carbons (Fsp3) is 1.00. The van der Waals surface area contributed by atoms with Gasteiger partial charge in [-0.25, -0.2) is 0 Å². The maximum absolute atomic E-state index is 4.04.